The summed E-state index contributed by atoms with van der Waals surface area (Å²) in [5.41, 5.74) is 2.77. The molecule has 0 radical (unpaired) electrons. The Balaban J connectivity index is 1.30. The van der Waals surface area contributed by atoms with Gasteiger partial charge in [-0.2, -0.15) is 0 Å². The first-order valence-electron chi connectivity index (χ1n) is 8.91. The van der Waals surface area contributed by atoms with Gasteiger partial charge in [-0.3, -0.25) is 4.79 Å². The molecule has 3 amide bonds. The molecular formula is C19H21N5O3. The molecule has 1 aliphatic rings. The van der Waals surface area contributed by atoms with E-state index in [9.17, 15) is 9.59 Å². The molecule has 1 aliphatic heterocycles. The largest absolute Gasteiger partial charge is 0.459 e. The molecule has 8 nitrogen and oxygen atoms in total. The molecule has 27 heavy (non-hydrogen) atoms. The number of nitrogens with zero attached hydrogens (tertiary/aromatic N) is 4. The molecular weight excluding hydrogens is 346 g/mol. The van der Waals surface area contributed by atoms with E-state index < -0.39 is 0 Å². The quantitative estimate of drug-likeness (QED) is 0.766. The van der Waals surface area contributed by atoms with E-state index >= 15 is 0 Å². The first kappa shape index (κ1) is 17.1. The van der Waals surface area contributed by atoms with Gasteiger partial charge in [-0.15, -0.1) is 0 Å². The van der Waals surface area contributed by atoms with Crippen molar-refractivity contribution in [3.05, 3.63) is 59.9 Å². The first-order chi connectivity index (χ1) is 13.1. The van der Waals surface area contributed by atoms with Gasteiger partial charge in [0.15, 0.2) is 5.76 Å². The Morgan fingerprint density at radius 1 is 1.11 bits per heavy atom. The second-order valence-corrected chi connectivity index (χ2v) is 6.54. The van der Waals surface area contributed by atoms with Crippen LogP contribution in [0.25, 0.3) is 5.65 Å². The third-order valence-electron chi connectivity index (χ3n) is 4.75. The predicted octanol–water partition coefficient (Wildman–Crippen LogP) is 1.90. The monoisotopic (exact) mass is 367 g/mol. The molecule has 0 unspecified atom stereocenters. The smallest absolute Gasteiger partial charge is 0.317 e. The highest BCUT2D eigenvalue weighted by Crippen LogP contribution is 2.11. The molecule has 4 heterocycles. The first-order valence-corrected chi connectivity index (χ1v) is 8.91. The normalized spacial score (nSPS) is 14.6. The number of pyridine rings is 1. The van der Waals surface area contributed by atoms with Crippen molar-refractivity contribution in [2.45, 2.75) is 13.5 Å². The number of hydrogen-bond acceptors (Lipinski definition) is 4. The van der Waals surface area contributed by atoms with E-state index in [1.54, 1.807) is 21.9 Å². The second-order valence-electron chi connectivity index (χ2n) is 6.54. The number of furan rings is 1. The summed E-state index contributed by atoms with van der Waals surface area (Å²) in [6.45, 7) is 4.33. The summed E-state index contributed by atoms with van der Waals surface area (Å²) in [7, 11) is 0. The standard InChI is InChI=1S/C19H21N5O3/c1-14-4-2-6-17-21-15(13-24(14)17)12-20-19(26)23-9-7-22(8-10-23)18(25)16-5-3-11-27-16/h2-6,11,13H,7-10,12H2,1H3,(H,20,26). The van der Waals surface area contributed by atoms with Crippen LogP contribution in [0.15, 0.2) is 47.2 Å². The molecule has 3 aromatic rings. The van der Waals surface area contributed by atoms with E-state index in [4.69, 9.17) is 4.42 Å². The van der Waals surface area contributed by atoms with Gasteiger partial charge in [-0.1, -0.05) is 6.07 Å². The Labute approximate surface area is 156 Å². The number of piperazine rings is 1. The van der Waals surface area contributed by atoms with Crippen LogP contribution in [-0.4, -0.2) is 57.3 Å². The van der Waals surface area contributed by atoms with Crippen molar-refractivity contribution in [1.82, 2.24) is 24.5 Å². The predicted molar refractivity (Wildman–Crippen MR) is 98.3 cm³/mol. The molecule has 0 saturated carbocycles. The highest BCUT2D eigenvalue weighted by Gasteiger charge is 2.26. The van der Waals surface area contributed by atoms with Gasteiger partial charge in [-0.25, -0.2) is 9.78 Å². The fourth-order valence-corrected chi connectivity index (χ4v) is 3.23. The number of nitrogens with one attached hydrogen (secondary N) is 1. The van der Waals surface area contributed by atoms with Crippen LogP contribution in [0.1, 0.15) is 21.9 Å². The van der Waals surface area contributed by atoms with E-state index in [0.29, 0.717) is 38.5 Å². The molecule has 1 fully saturated rings. The zero-order valence-electron chi connectivity index (χ0n) is 15.1. The summed E-state index contributed by atoms with van der Waals surface area (Å²) in [4.78, 5) is 32.6. The average molecular weight is 367 g/mol. The lowest BCUT2D eigenvalue weighted by Crippen LogP contribution is -2.53. The van der Waals surface area contributed by atoms with Gasteiger partial charge in [0.05, 0.1) is 18.5 Å². The molecule has 0 aromatic carbocycles. The summed E-state index contributed by atoms with van der Waals surface area (Å²) in [6.07, 6.45) is 3.42. The fourth-order valence-electron chi connectivity index (χ4n) is 3.23. The number of fused-ring (bicyclic) bond motifs is 1. The van der Waals surface area contributed by atoms with E-state index in [0.717, 1.165) is 17.0 Å². The van der Waals surface area contributed by atoms with Crippen molar-refractivity contribution >= 4 is 17.6 Å². The van der Waals surface area contributed by atoms with Gasteiger partial charge in [0.25, 0.3) is 5.91 Å². The number of rotatable bonds is 3. The van der Waals surface area contributed by atoms with Gasteiger partial charge < -0.3 is 23.9 Å². The van der Waals surface area contributed by atoms with Crippen molar-refractivity contribution in [2.24, 2.45) is 0 Å². The molecule has 1 saturated heterocycles. The van der Waals surface area contributed by atoms with Crippen LogP contribution < -0.4 is 5.32 Å². The molecule has 0 aliphatic carbocycles. The molecule has 8 heteroatoms. The summed E-state index contributed by atoms with van der Waals surface area (Å²) in [5, 5.41) is 2.91. The van der Waals surface area contributed by atoms with Gasteiger partial charge in [0.1, 0.15) is 5.65 Å². The van der Waals surface area contributed by atoms with Crippen molar-refractivity contribution in [1.29, 1.82) is 0 Å². The molecule has 0 bridgehead atoms. The third kappa shape index (κ3) is 3.51. The third-order valence-corrected chi connectivity index (χ3v) is 4.75. The van der Waals surface area contributed by atoms with Crippen LogP contribution in [0.4, 0.5) is 4.79 Å². The summed E-state index contributed by atoms with van der Waals surface area (Å²) in [6, 6.07) is 9.11. The van der Waals surface area contributed by atoms with Gasteiger partial charge in [0.2, 0.25) is 0 Å². The van der Waals surface area contributed by atoms with Crippen molar-refractivity contribution in [2.75, 3.05) is 26.2 Å². The maximum Gasteiger partial charge on any atom is 0.317 e. The fraction of sp³-hybridized carbons (Fsp3) is 0.316. The number of aromatic nitrogens is 2. The van der Waals surface area contributed by atoms with Crippen molar-refractivity contribution < 1.29 is 14.0 Å². The van der Waals surface area contributed by atoms with Crippen LogP contribution >= 0.6 is 0 Å². The van der Waals surface area contributed by atoms with E-state index in [-0.39, 0.29) is 11.9 Å². The van der Waals surface area contributed by atoms with Crippen molar-refractivity contribution in [3.63, 3.8) is 0 Å². The lowest BCUT2D eigenvalue weighted by molar-refractivity contribution is 0.0634. The molecule has 1 N–H and O–H groups in total. The van der Waals surface area contributed by atoms with Crippen LogP contribution in [-0.2, 0) is 6.54 Å². The summed E-state index contributed by atoms with van der Waals surface area (Å²) >= 11 is 0. The highest BCUT2D eigenvalue weighted by atomic mass is 16.3. The van der Waals surface area contributed by atoms with Crippen molar-refractivity contribution in [3.8, 4) is 0 Å². The summed E-state index contributed by atoms with van der Waals surface area (Å²) in [5.74, 6) is 0.190. The maximum atomic E-state index is 12.4. The zero-order chi connectivity index (χ0) is 18.8. The van der Waals surface area contributed by atoms with Crippen LogP contribution in [0.3, 0.4) is 0 Å². The maximum absolute atomic E-state index is 12.4. The Bertz CT molecular complexity index is 955. The molecule has 4 rings (SSSR count). The SMILES string of the molecule is Cc1cccc2nc(CNC(=O)N3CCN(C(=O)c4ccco4)CC3)cn12. The number of hydrogen-bond donors (Lipinski definition) is 1. The van der Waals surface area contributed by atoms with Crippen LogP contribution in [0, 0.1) is 6.92 Å². The lowest BCUT2D eigenvalue weighted by Gasteiger charge is -2.34. The topological polar surface area (TPSA) is 83.1 Å². The Morgan fingerprint density at radius 3 is 2.59 bits per heavy atom. The van der Waals surface area contributed by atoms with E-state index in [1.165, 1.54) is 6.26 Å². The minimum Gasteiger partial charge on any atom is -0.459 e. The second kappa shape index (κ2) is 7.14. The summed E-state index contributed by atoms with van der Waals surface area (Å²) < 4.78 is 7.15. The lowest BCUT2D eigenvalue weighted by atomic mass is 10.3. The Hall–Kier alpha value is -3.29. The van der Waals surface area contributed by atoms with E-state index in [1.807, 2.05) is 35.7 Å². The minimum absolute atomic E-state index is 0.139. The zero-order valence-corrected chi connectivity index (χ0v) is 15.1. The number of urea groups is 1. The van der Waals surface area contributed by atoms with E-state index in [2.05, 4.69) is 10.3 Å². The van der Waals surface area contributed by atoms with Gasteiger partial charge >= 0.3 is 6.03 Å². The van der Waals surface area contributed by atoms with Crippen LogP contribution in [0.5, 0.6) is 0 Å². The average Bonchev–Trinajstić information content (AvgIpc) is 3.36. The number of amides is 3. The molecule has 0 spiro atoms. The molecule has 140 valence electrons. The minimum atomic E-state index is -0.145. The molecule has 3 aromatic heterocycles. The number of carbonyl (C=O) groups excluding carboxylic acids is 2. The van der Waals surface area contributed by atoms with Gasteiger partial charge in [-0.05, 0) is 31.2 Å². The number of imidazole rings is 1. The Kier molecular flexibility index (Phi) is 4.53. The number of carbonyl (C=O) groups is 2. The Morgan fingerprint density at radius 2 is 1.89 bits per heavy atom. The van der Waals surface area contributed by atoms with Gasteiger partial charge in [0, 0.05) is 38.1 Å². The molecule has 0 atom stereocenters. The highest BCUT2D eigenvalue weighted by molar-refractivity contribution is 5.91. The van der Waals surface area contributed by atoms with Crippen LogP contribution in [0.2, 0.25) is 0 Å². The number of aryl methyl sites for hydroxylation is 1.